The first kappa shape index (κ1) is 13.6. The average Bonchev–Trinajstić information content (AvgIpc) is 2.89. The van der Waals surface area contributed by atoms with Crippen LogP contribution < -0.4 is 10.2 Å². The van der Waals surface area contributed by atoms with Crippen molar-refractivity contribution in [1.82, 2.24) is 0 Å². The maximum atomic E-state index is 11.3. The maximum Gasteiger partial charge on any atom is 0.495 e. The molecular weight excluding hydrogens is 255 g/mol. The molecule has 5 heteroatoms. The first-order valence-corrected chi connectivity index (χ1v) is 6.94. The van der Waals surface area contributed by atoms with Crippen molar-refractivity contribution < 1.29 is 18.8 Å². The molecule has 0 atom stereocenters. The molecule has 0 saturated carbocycles. The minimum Gasteiger partial charge on any atom is -0.493 e. The Morgan fingerprint density at radius 3 is 2.40 bits per heavy atom. The van der Waals surface area contributed by atoms with Crippen LogP contribution in [0, 0.1) is 0 Å². The number of carbonyl (C=O) groups excluding carboxylic acids is 1. The third kappa shape index (κ3) is 1.96. The molecule has 0 amide bonds. The Bertz CT molecular complexity index is 549. The summed E-state index contributed by atoms with van der Waals surface area (Å²) in [5, 5.41) is 0. The molecule has 0 unspecified atom stereocenters. The van der Waals surface area contributed by atoms with E-state index in [-0.39, 0.29) is 0 Å². The second kappa shape index (κ2) is 4.33. The molecule has 1 fully saturated rings. The van der Waals surface area contributed by atoms with Crippen LogP contribution in [0.4, 0.5) is 0 Å². The molecule has 0 bridgehead atoms. The summed E-state index contributed by atoms with van der Waals surface area (Å²) in [7, 11) is -0.508. The van der Waals surface area contributed by atoms with Crippen molar-refractivity contribution in [2.24, 2.45) is 0 Å². The highest BCUT2D eigenvalue weighted by molar-refractivity contribution is 6.63. The zero-order chi connectivity index (χ0) is 14.5. The van der Waals surface area contributed by atoms with Crippen LogP contribution in [0.3, 0.4) is 0 Å². The smallest absolute Gasteiger partial charge is 0.493 e. The number of aldehydes is 1. The highest BCUT2D eigenvalue weighted by Gasteiger charge is 2.52. The van der Waals surface area contributed by atoms with Gasteiger partial charge < -0.3 is 14.0 Å². The van der Waals surface area contributed by atoms with Crippen LogP contribution in [0.5, 0.6) is 5.75 Å². The molecule has 2 heterocycles. The Labute approximate surface area is 119 Å². The van der Waals surface area contributed by atoms with E-state index in [1.165, 1.54) is 0 Å². The maximum absolute atomic E-state index is 11.3. The van der Waals surface area contributed by atoms with Gasteiger partial charge in [-0.15, -0.1) is 0 Å². The van der Waals surface area contributed by atoms with Crippen LogP contribution in [-0.4, -0.2) is 31.2 Å². The third-order valence-electron chi connectivity index (χ3n) is 4.53. The molecule has 1 aromatic carbocycles. The van der Waals surface area contributed by atoms with E-state index in [0.29, 0.717) is 12.2 Å². The van der Waals surface area contributed by atoms with Gasteiger partial charge >= 0.3 is 7.12 Å². The molecule has 2 aliphatic rings. The molecule has 1 aromatic rings. The minimum atomic E-state index is -0.508. The predicted molar refractivity (Wildman–Crippen MR) is 76.7 cm³/mol. The van der Waals surface area contributed by atoms with E-state index in [9.17, 15) is 4.79 Å². The van der Waals surface area contributed by atoms with Crippen molar-refractivity contribution in [3.8, 4) is 5.75 Å². The van der Waals surface area contributed by atoms with E-state index in [1.54, 1.807) is 6.07 Å². The predicted octanol–water partition coefficient (Wildman–Crippen LogP) is 1.73. The third-order valence-corrected chi connectivity index (χ3v) is 4.53. The summed E-state index contributed by atoms with van der Waals surface area (Å²) in [6.07, 6.45) is 1.70. The Morgan fingerprint density at radius 2 is 1.80 bits per heavy atom. The van der Waals surface area contributed by atoms with Gasteiger partial charge in [-0.3, -0.25) is 4.79 Å². The van der Waals surface area contributed by atoms with Gasteiger partial charge in [-0.25, -0.2) is 0 Å². The minimum absolute atomic E-state index is 0.409. The number of rotatable bonds is 2. The van der Waals surface area contributed by atoms with Crippen molar-refractivity contribution >= 4 is 18.9 Å². The second-order valence-electron chi connectivity index (χ2n) is 6.39. The Kier molecular flexibility index (Phi) is 2.96. The Morgan fingerprint density at radius 1 is 1.15 bits per heavy atom. The lowest BCUT2D eigenvalue weighted by molar-refractivity contribution is 0.00578. The standard InChI is InChI=1S/C15H19BO4/c1-14(2)15(3,4)20-16(19-14)12-7-10-5-6-18-13(10)8-11(12)9-17/h7-9H,5-6H2,1-4H3. The SMILES string of the molecule is CC1(C)OB(c2cc3c(cc2C=O)OCC3)OC1(C)C. The van der Waals surface area contributed by atoms with Crippen molar-refractivity contribution in [2.45, 2.75) is 45.3 Å². The fraction of sp³-hybridized carbons (Fsp3) is 0.533. The number of hydrogen-bond donors (Lipinski definition) is 0. The molecule has 0 aliphatic carbocycles. The van der Waals surface area contributed by atoms with E-state index in [1.807, 2.05) is 33.8 Å². The number of fused-ring (bicyclic) bond motifs is 1. The average molecular weight is 274 g/mol. The zero-order valence-corrected chi connectivity index (χ0v) is 12.4. The highest BCUT2D eigenvalue weighted by atomic mass is 16.7. The fourth-order valence-corrected chi connectivity index (χ4v) is 2.54. The number of hydrogen-bond acceptors (Lipinski definition) is 4. The van der Waals surface area contributed by atoms with Crippen molar-refractivity contribution in [2.75, 3.05) is 6.61 Å². The van der Waals surface area contributed by atoms with Crippen molar-refractivity contribution in [1.29, 1.82) is 0 Å². The lowest BCUT2D eigenvalue weighted by Gasteiger charge is -2.32. The molecule has 3 rings (SSSR count). The van der Waals surface area contributed by atoms with Gasteiger partial charge in [-0.2, -0.15) is 0 Å². The van der Waals surface area contributed by atoms with E-state index in [2.05, 4.69) is 0 Å². The summed E-state index contributed by atoms with van der Waals surface area (Å²) in [5.41, 5.74) is 1.66. The van der Waals surface area contributed by atoms with Crippen LogP contribution in [0.1, 0.15) is 43.6 Å². The van der Waals surface area contributed by atoms with Gasteiger partial charge in [-0.05, 0) is 44.8 Å². The Balaban J connectivity index is 2.01. The van der Waals surface area contributed by atoms with Gasteiger partial charge in [0.25, 0.3) is 0 Å². The number of ether oxygens (including phenoxy) is 1. The van der Waals surface area contributed by atoms with Gasteiger partial charge in [0, 0.05) is 12.0 Å². The van der Waals surface area contributed by atoms with Crippen LogP contribution in [0.25, 0.3) is 0 Å². The summed E-state index contributed by atoms with van der Waals surface area (Å²) in [6, 6.07) is 3.77. The largest absolute Gasteiger partial charge is 0.495 e. The van der Waals surface area contributed by atoms with E-state index >= 15 is 0 Å². The summed E-state index contributed by atoms with van der Waals surface area (Å²) >= 11 is 0. The zero-order valence-electron chi connectivity index (χ0n) is 12.4. The van der Waals surface area contributed by atoms with Gasteiger partial charge in [0.1, 0.15) is 12.0 Å². The number of benzene rings is 1. The summed E-state index contributed by atoms with van der Waals surface area (Å²) in [6.45, 7) is 8.68. The summed E-state index contributed by atoms with van der Waals surface area (Å²) in [4.78, 5) is 11.3. The quantitative estimate of drug-likeness (QED) is 0.608. The van der Waals surface area contributed by atoms with Crippen molar-refractivity contribution in [3.05, 3.63) is 23.3 Å². The van der Waals surface area contributed by atoms with Gasteiger partial charge in [-0.1, -0.05) is 6.07 Å². The molecule has 0 radical (unpaired) electrons. The second-order valence-corrected chi connectivity index (χ2v) is 6.39. The van der Waals surface area contributed by atoms with Crippen LogP contribution in [0.15, 0.2) is 12.1 Å². The van der Waals surface area contributed by atoms with Gasteiger partial charge in [0.15, 0.2) is 0 Å². The van der Waals surface area contributed by atoms with Gasteiger partial charge in [0.05, 0.1) is 17.8 Å². The molecule has 4 nitrogen and oxygen atoms in total. The molecule has 1 saturated heterocycles. The molecule has 0 N–H and O–H groups in total. The Hall–Kier alpha value is -1.33. The summed E-state index contributed by atoms with van der Waals surface area (Å²) < 4.78 is 17.6. The molecular formula is C15H19BO4. The molecule has 2 aliphatic heterocycles. The molecule has 20 heavy (non-hydrogen) atoms. The molecule has 106 valence electrons. The lowest BCUT2D eigenvalue weighted by atomic mass is 9.75. The van der Waals surface area contributed by atoms with Crippen molar-refractivity contribution in [3.63, 3.8) is 0 Å². The fourth-order valence-electron chi connectivity index (χ4n) is 2.54. The van der Waals surface area contributed by atoms with E-state index in [4.69, 9.17) is 14.0 Å². The normalized spacial score (nSPS) is 22.5. The molecule has 0 spiro atoms. The first-order chi connectivity index (χ1) is 9.34. The van der Waals surface area contributed by atoms with Crippen LogP contribution >= 0.6 is 0 Å². The highest BCUT2D eigenvalue weighted by Crippen LogP contribution is 2.37. The van der Waals surface area contributed by atoms with Crippen LogP contribution in [0.2, 0.25) is 0 Å². The van der Waals surface area contributed by atoms with Gasteiger partial charge in [0.2, 0.25) is 0 Å². The lowest BCUT2D eigenvalue weighted by Crippen LogP contribution is -2.41. The monoisotopic (exact) mass is 274 g/mol. The first-order valence-electron chi connectivity index (χ1n) is 6.94. The van der Waals surface area contributed by atoms with E-state index in [0.717, 1.165) is 29.5 Å². The van der Waals surface area contributed by atoms with Crippen LogP contribution in [-0.2, 0) is 15.7 Å². The summed E-state index contributed by atoms with van der Waals surface area (Å²) in [5.74, 6) is 0.798. The topological polar surface area (TPSA) is 44.8 Å². The molecule has 0 aromatic heterocycles. The number of carbonyl (C=O) groups is 1. The van der Waals surface area contributed by atoms with E-state index < -0.39 is 18.3 Å².